The van der Waals surface area contributed by atoms with E-state index in [1.54, 1.807) is 0 Å². The van der Waals surface area contributed by atoms with Gasteiger partial charge in [0.15, 0.2) is 0 Å². The molecule has 0 aromatic heterocycles. The molecule has 5 nitrogen and oxygen atoms in total. The van der Waals surface area contributed by atoms with Crippen molar-refractivity contribution >= 4 is 17.7 Å². The van der Waals surface area contributed by atoms with E-state index in [1.165, 1.54) is 4.90 Å². The molecule has 1 amide bonds. The molecule has 1 saturated carbocycles. The van der Waals surface area contributed by atoms with Gasteiger partial charge >= 0.3 is 0 Å². The topological polar surface area (TPSA) is 77.5 Å². The highest BCUT2D eigenvalue weighted by Gasteiger charge is 2.42. The molecule has 1 aliphatic carbocycles. The fourth-order valence-electron chi connectivity index (χ4n) is 5.14. The van der Waals surface area contributed by atoms with Crippen molar-refractivity contribution in [2.75, 3.05) is 6.54 Å². The molecule has 152 valence electrons. The van der Waals surface area contributed by atoms with E-state index in [0.29, 0.717) is 19.4 Å². The number of carbonyl (C=O) groups excluding carboxylic acids is 3. The summed E-state index contributed by atoms with van der Waals surface area (Å²) in [5.41, 5.74) is 1.08. The van der Waals surface area contributed by atoms with Crippen LogP contribution in [-0.2, 0) is 14.4 Å². The second-order valence-corrected chi connectivity index (χ2v) is 8.19. The number of carboxylic acid groups (broad SMARTS) is 1. The van der Waals surface area contributed by atoms with Crippen molar-refractivity contribution in [2.45, 2.75) is 70.3 Å². The Hall–Kier alpha value is -2.17. The van der Waals surface area contributed by atoms with Gasteiger partial charge in [-0.15, -0.1) is 0 Å². The molecule has 28 heavy (non-hydrogen) atoms. The van der Waals surface area contributed by atoms with Gasteiger partial charge in [-0.2, -0.15) is 0 Å². The van der Waals surface area contributed by atoms with Crippen LogP contribution in [0.1, 0.15) is 69.8 Å². The summed E-state index contributed by atoms with van der Waals surface area (Å²) in [4.78, 5) is 39.2. The molecule has 1 aromatic carbocycles. The van der Waals surface area contributed by atoms with Gasteiger partial charge in [-0.1, -0.05) is 56.5 Å². The number of piperidine rings is 1. The third-order valence-electron chi connectivity index (χ3n) is 6.55. The summed E-state index contributed by atoms with van der Waals surface area (Å²) in [6, 6.07) is 8.81. The van der Waals surface area contributed by atoms with Gasteiger partial charge in [0.25, 0.3) is 5.91 Å². The Kier molecular flexibility index (Phi) is 6.87. The van der Waals surface area contributed by atoms with Crippen molar-refractivity contribution < 1.29 is 19.5 Å². The zero-order valence-electron chi connectivity index (χ0n) is 16.6. The molecule has 0 bridgehead atoms. The number of hydrogen-bond donors (Lipinski definition) is 0. The minimum absolute atomic E-state index is 0.0180. The maximum Gasteiger partial charge on any atom is 0.290 e. The van der Waals surface area contributed by atoms with Crippen LogP contribution in [-0.4, -0.2) is 35.1 Å². The van der Waals surface area contributed by atoms with Gasteiger partial charge in [0.1, 0.15) is 0 Å². The van der Waals surface area contributed by atoms with E-state index in [-0.39, 0.29) is 17.8 Å². The third-order valence-corrected chi connectivity index (χ3v) is 6.55. The molecule has 0 spiro atoms. The number of benzene rings is 1. The van der Waals surface area contributed by atoms with Crippen LogP contribution in [0.25, 0.3) is 0 Å². The average Bonchev–Trinajstić information content (AvgIpc) is 2.74. The highest BCUT2D eigenvalue weighted by atomic mass is 16.4. The maximum absolute atomic E-state index is 13.0. The fourth-order valence-corrected chi connectivity index (χ4v) is 5.14. The highest BCUT2D eigenvalue weighted by Crippen LogP contribution is 2.38. The van der Waals surface area contributed by atoms with Crippen molar-refractivity contribution in [2.24, 2.45) is 11.8 Å². The van der Waals surface area contributed by atoms with Crippen LogP contribution < -0.4 is 5.11 Å². The van der Waals surface area contributed by atoms with Gasteiger partial charge in [0.05, 0.1) is 12.0 Å². The van der Waals surface area contributed by atoms with Gasteiger partial charge in [-0.05, 0) is 49.5 Å². The zero-order chi connectivity index (χ0) is 20.1. The molecule has 1 saturated heterocycles. The van der Waals surface area contributed by atoms with E-state index in [2.05, 4.69) is 0 Å². The Balaban J connectivity index is 1.84. The van der Waals surface area contributed by atoms with Crippen LogP contribution in [0.3, 0.4) is 0 Å². The molecule has 1 heterocycles. The molecule has 1 aromatic rings. The first kappa shape index (κ1) is 20.6. The second-order valence-electron chi connectivity index (χ2n) is 8.19. The Labute approximate surface area is 167 Å². The molecule has 1 aliphatic heterocycles. The van der Waals surface area contributed by atoms with Gasteiger partial charge < -0.3 is 14.8 Å². The van der Waals surface area contributed by atoms with E-state index in [0.717, 1.165) is 44.1 Å². The van der Waals surface area contributed by atoms with Crippen LogP contribution in [0, 0.1) is 11.8 Å². The van der Waals surface area contributed by atoms with E-state index < -0.39 is 23.7 Å². The summed E-state index contributed by atoms with van der Waals surface area (Å²) in [7, 11) is 0. The van der Waals surface area contributed by atoms with Gasteiger partial charge in [-0.25, -0.2) is 0 Å². The van der Waals surface area contributed by atoms with E-state index >= 15 is 0 Å². The van der Waals surface area contributed by atoms with E-state index in [9.17, 15) is 19.5 Å². The minimum atomic E-state index is -1.25. The lowest BCUT2D eigenvalue weighted by molar-refractivity contribution is -0.314. The first-order valence-electron chi connectivity index (χ1n) is 10.6. The van der Waals surface area contributed by atoms with Gasteiger partial charge in [0.2, 0.25) is 5.78 Å². The molecule has 3 unspecified atom stereocenters. The zero-order valence-corrected chi connectivity index (χ0v) is 16.6. The monoisotopic (exact) mass is 384 g/mol. The van der Waals surface area contributed by atoms with E-state index in [1.807, 2.05) is 37.3 Å². The number of rotatable bonds is 6. The summed E-state index contributed by atoms with van der Waals surface area (Å²) in [5.74, 6) is -2.74. The number of ketones is 1. The quantitative estimate of drug-likeness (QED) is 0.707. The lowest BCUT2D eigenvalue weighted by Gasteiger charge is -2.45. The highest BCUT2D eigenvalue weighted by molar-refractivity contribution is 6.37. The predicted molar refractivity (Wildman–Crippen MR) is 104 cm³/mol. The average molecular weight is 384 g/mol. The molecule has 0 radical (unpaired) electrons. The summed E-state index contributed by atoms with van der Waals surface area (Å²) in [6.45, 7) is 2.36. The lowest BCUT2D eigenvalue weighted by Crippen LogP contribution is -2.59. The number of amides is 1. The van der Waals surface area contributed by atoms with Crippen LogP contribution in [0.4, 0.5) is 0 Å². The normalized spacial score (nSPS) is 24.5. The molecule has 3 rings (SSSR count). The largest absolute Gasteiger partial charge is 0.548 e. The van der Waals surface area contributed by atoms with Gasteiger partial charge in [-0.3, -0.25) is 9.59 Å². The van der Waals surface area contributed by atoms with Gasteiger partial charge in [0, 0.05) is 12.5 Å². The Morgan fingerprint density at radius 2 is 1.71 bits per heavy atom. The van der Waals surface area contributed by atoms with Crippen LogP contribution >= 0.6 is 0 Å². The lowest BCUT2D eigenvalue weighted by atomic mass is 9.74. The summed E-state index contributed by atoms with van der Waals surface area (Å²) in [6.07, 6.45) is 6.69. The summed E-state index contributed by atoms with van der Waals surface area (Å²) >= 11 is 0. The smallest absolute Gasteiger partial charge is 0.290 e. The molecular formula is C23H30NO4-. The van der Waals surface area contributed by atoms with Crippen molar-refractivity contribution in [1.82, 2.24) is 4.90 Å². The number of Topliss-reactive ketones (excluding diaryl/α,β-unsaturated/α-hetero) is 1. The molecule has 2 aliphatic rings. The molecular weight excluding hydrogens is 354 g/mol. The molecule has 5 heteroatoms. The first-order chi connectivity index (χ1) is 13.5. The second kappa shape index (κ2) is 9.35. The number of aliphatic carboxylic acids is 1. The summed E-state index contributed by atoms with van der Waals surface area (Å²) in [5, 5.41) is 12.1. The van der Waals surface area contributed by atoms with Crippen LogP contribution in [0.15, 0.2) is 30.3 Å². The van der Waals surface area contributed by atoms with Crippen molar-refractivity contribution in [3.05, 3.63) is 35.9 Å². The van der Waals surface area contributed by atoms with Crippen molar-refractivity contribution in [3.63, 3.8) is 0 Å². The predicted octanol–water partition coefficient (Wildman–Crippen LogP) is 2.69. The first-order valence-corrected chi connectivity index (χ1v) is 10.6. The molecule has 0 N–H and O–H groups in total. The van der Waals surface area contributed by atoms with Crippen LogP contribution in [0.2, 0.25) is 0 Å². The minimum Gasteiger partial charge on any atom is -0.548 e. The fraction of sp³-hybridized carbons (Fsp3) is 0.609. The number of carbonyl (C=O) groups is 3. The molecule has 3 atom stereocenters. The Morgan fingerprint density at radius 1 is 1.04 bits per heavy atom. The maximum atomic E-state index is 13.0. The SMILES string of the molecule is CCC(c1ccccc1)C1CCCN(C(=O)C(=O)C2CCCCC2)C1C(=O)[O-]. The standard InChI is InChI=1S/C23H31NO4/c1-2-18(16-10-5-3-6-11-16)19-14-9-15-24(20(19)23(27)28)22(26)21(25)17-12-7-4-8-13-17/h3,5-6,10-11,17-20H,2,4,7-9,12-15H2,1H3,(H,27,28)/p-1. The van der Waals surface area contributed by atoms with Crippen LogP contribution in [0.5, 0.6) is 0 Å². The van der Waals surface area contributed by atoms with Crippen molar-refractivity contribution in [1.29, 1.82) is 0 Å². The number of likely N-dealkylation sites (tertiary alicyclic amines) is 1. The molecule has 2 fully saturated rings. The van der Waals surface area contributed by atoms with E-state index in [4.69, 9.17) is 0 Å². The number of carboxylic acids is 1. The third kappa shape index (κ3) is 4.29. The Bertz CT molecular complexity index is 696. The number of nitrogens with zero attached hydrogens (tertiary/aromatic N) is 1. The number of hydrogen-bond acceptors (Lipinski definition) is 4. The Morgan fingerprint density at radius 3 is 2.32 bits per heavy atom. The summed E-state index contributed by atoms with van der Waals surface area (Å²) < 4.78 is 0. The van der Waals surface area contributed by atoms with Crippen molar-refractivity contribution in [3.8, 4) is 0 Å².